The standard InChI is InChI=1S/C13H17N4O7PS/c14-17-7-6-10(16-26(21,22)23)13(25-20,11(17)18)15-12(19)24-8-9-4-2-1-3-5-9/h1-5,10,16H,6-8,14H2,(H,15,19)(H,21,22,23)/t10-,13-/m0/s1. The van der Waals surface area contributed by atoms with Crippen molar-refractivity contribution >= 4 is 30.8 Å². The molecule has 1 aliphatic rings. The number of piperidine rings is 1. The zero-order valence-electron chi connectivity index (χ0n) is 13.4. The summed E-state index contributed by atoms with van der Waals surface area (Å²) in [6, 6.07) is 7.25. The van der Waals surface area contributed by atoms with Gasteiger partial charge in [-0.15, -0.1) is 0 Å². The Morgan fingerprint density at radius 2 is 2.08 bits per heavy atom. The average molecular weight is 404 g/mol. The molecule has 0 bridgehead atoms. The van der Waals surface area contributed by atoms with Crippen LogP contribution in [0.25, 0.3) is 0 Å². The summed E-state index contributed by atoms with van der Waals surface area (Å²) >= 11 is 0. The molecule has 13 heteroatoms. The van der Waals surface area contributed by atoms with Crippen molar-refractivity contribution in [2.24, 2.45) is 5.84 Å². The maximum Gasteiger partial charge on any atom is 0.408 e. The largest absolute Gasteiger partial charge is 0.445 e. The summed E-state index contributed by atoms with van der Waals surface area (Å²) in [5.74, 6) is 4.50. The summed E-state index contributed by atoms with van der Waals surface area (Å²) in [5, 5.41) is 0.555. The van der Waals surface area contributed by atoms with Crippen LogP contribution in [0.4, 0.5) is 4.79 Å². The highest BCUT2D eigenvalue weighted by Gasteiger charge is 2.54. The summed E-state index contributed by atoms with van der Waals surface area (Å²) in [4.78, 5) is 24.5. The first kappa shape index (κ1) is 20.2. The Kier molecular flexibility index (Phi) is 6.26. The fourth-order valence-corrected chi connectivity index (χ4v) is 3.86. The molecule has 26 heavy (non-hydrogen) atoms. The monoisotopic (exact) mass is 404 g/mol. The number of hydrazine groups is 1. The first-order valence-corrected chi connectivity index (χ1v) is 9.58. The molecule has 1 fully saturated rings. The van der Waals surface area contributed by atoms with E-state index < -0.39 is 42.1 Å². The summed E-state index contributed by atoms with van der Waals surface area (Å²) in [6.45, 7) is -0.209. The SMILES string of the molecule is NN1CC[C@H](NS(=O)(=O)O)[C@](NC(=O)OCc2ccccc2)(P=O)C1=O. The fraction of sp³-hybridized carbons (Fsp3) is 0.385. The van der Waals surface area contributed by atoms with Gasteiger partial charge in [0.1, 0.15) is 6.61 Å². The van der Waals surface area contributed by atoms with Crippen LogP contribution >= 0.6 is 8.46 Å². The second-order valence-electron chi connectivity index (χ2n) is 5.48. The minimum Gasteiger partial charge on any atom is -0.445 e. The van der Waals surface area contributed by atoms with Crippen molar-refractivity contribution in [2.45, 2.75) is 24.3 Å². The molecule has 0 aromatic heterocycles. The van der Waals surface area contributed by atoms with Crippen molar-refractivity contribution in [3.8, 4) is 0 Å². The van der Waals surface area contributed by atoms with Crippen molar-refractivity contribution in [2.75, 3.05) is 6.54 Å². The molecule has 2 rings (SSSR count). The van der Waals surface area contributed by atoms with E-state index >= 15 is 0 Å². The van der Waals surface area contributed by atoms with Crippen LogP contribution in [0.3, 0.4) is 0 Å². The van der Waals surface area contributed by atoms with E-state index in [1.807, 2.05) is 0 Å². The number of nitrogens with zero attached hydrogens (tertiary/aromatic N) is 1. The molecule has 1 heterocycles. The number of alkyl carbamates (subject to hydrolysis) is 1. The maximum atomic E-state index is 12.4. The minimum atomic E-state index is -4.73. The van der Waals surface area contributed by atoms with Gasteiger partial charge in [0.15, 0.2) is 8.46 Å². The predicted molar refractivity (Wildman–Crippen MR) is 89.1 cm³/mol. The van der Waals surface area contributed by atoms with Crippen LogP contribution < -0.4 is 15.9 Å². The number of hydrogen-bond donors (Lipinski definition) is 4. The van der Waals surface area contributed by atoms with E-state index in [-0.39, 0.29) is 19.6 Å². The molecule has 1 aliphatic heterocycles. The lowest BCUT2D eigenvalue weighted by Gasteiger charge is -2.40. The van der Waals surface area contributed by atoms with Crippen LogP contribution in [0.1, 0.15) is 12.0 Å². The van der Waals surface area contributed by atoms with Crippen LogP contribution in [0, 0.1) is 0 Å². The number of carbonyl (C=O) groups is 2. The predicted octanol–water partition coefficient (Wildman–Crippen LogP) is -0.232. The van der Waals surface area contributed by atoms with E-state index in [9.17, 15) is 22.6 Å². The highest BCUT2D eigenvalue weighted by atomic mass is 32.2. The highest BCUT2D eigenvalue weighted by molar-refractivity contribution is 7.83. The van der Waals surface area contributed by atoms with E-state index in [1.165, 1.54) is 0 Å². The number of carbonyl (C=O) groups excluding carboxylic acids is 2. The third-order valence-electron chi connectivity index (χ3n) is 3.69. The molecule has 0 aliphatic carbocycles. The van der Waals surface area contributed by atoms with Crippen molar-refractivity contribution < 1.29 is 31.9 Å². The molecule has 0 spiro atoms. The molecule has 2 atom stereocenters. The van der Waals surface area contributed by atoms with E-state index in [1.54, 1.807) is 35.1 Å². The molecule has 1 aromatic carbocycles. The quantitative estimate of drug-likeness (QED) is 0.218. The molecule has 1 saturated heterocycles. The van der Waals surface area contributed by atoms with Crippen LogP contribution in [0.2, 0.25) is 0 Å². The molecular weight excluding hydrogens is 387 g/mol. The van der Waals surface area contributed by atoms with Gasteiger partial charge in [0, 0.05) is 6.54 Å². The Labute approximate surface area is 150 Å². The van der Waals surface area contributed by atoms with Gasteiger partial charge in [0.2, 0.25) is 5.28 Å². The van der Waals surface area contributed by atoms with Crippen molar-refractivity contribution in [1.29, 1.82) is 0 Å². The zero-order chi connectivity index (χ0) is 19.4. The van der Waals surface area contributed by atoms with Gasteiger partial charge in [-0.25, -0.2) is 10.6 Å². The van der Waals surface area contributed by atoms with Gasteiger partial charge < -0.3 is 4.74 Å². The molecule has 1 aromatic rings. The van der Waals surface area contributed by atoms with Gasteiger partial charge in [-0.05, 0) is 12.0 Å². The summed E-state index contributed by atoms with van der Waals surface area (Å²) in [6.07, 6.45) is -1.21. The van der Waals surface area contributed by atoms with Crippen molar-refractivity contribution in [3.63, 3.8) is 0 Å². The molecule has 5 N–H and O–H groups in total. The Hall–Kier alpha value is -2.11. The summed E-state index contributed by atoms with van der Waals surface area (Å²) in [7, 11) is -5.67. The van der Waals surface area contributed by atoms with Gasteiger partial charge in [-0.3, -0.25) is 24.2 Å². The summed E-state index contributed by atoms with van der Waals surface area (Å²) in [5.41, 5.74) is 0.666. The van der Waals surface area contributed by atoms with E-state index in [2.05, 4.69) is 5.32 Å². The van der Waals surface area contributed by atoms with Crippen LogP contribution in [-0.4, -0.2) is 47.8 Å². The topological polar surface area (TPSA) is 168 Å². The van der Waals surface area contributed by atoms with E-state index in [0.717, 1.165) is 0 Å². The fourth-order valence-electron chi connectivity index (χ4n) is 2.45. The Morgan fingerprint density at radius 3 is 2.65 bits per heavy atom. The Balaban J connectivity index is 2.18. The number of nitrogens with one attached hydrogen (secondary N) is 2. The van der Waals surface area contributed by atoms with Crippen LogP contribution in [0.15, 0.2) is 30.3 Å². The lowest BCUT2D eigenvalue weighted by Crippen LogP contribution is -2.71. The second kappa shape index (κ2) is 8.06. The number of amides is 2. The molecule has 0 radical (unpaired) electrons. The molecule has 2 amide bonds. The smallest absolute Gasteiger partial charge is 0.408 e. The highest BCUT2D eigenvalue weighted by Crippen LogP contribution is 2.32. The normalized spacial score (nSPS) is 23.7. The summed E-state index contributed by atoms with van der Waals surface area (Å²) < 4.78 is 49.7. The Bertz CT molecular complexity index is 791. The third-order valence-corrected chi connectivity index (χ3v) is 5.18. The Morgan fingerprint density at radius 1 is 1.42 bits per heavy atom. The first-order valence-electron chi connectivity index (χ1n) is 7.33. The molecular formula is C13H17N4O7PS. The number of benzene rings is 1. The molecule has 142 valence electrons. The number of nitrogens with two attached hydrogens (primary N) is 1. The van der Waals surface area contributed by atoms with Crippen LogP contribution in [0.5, 0.6) is 0 Å². The number of rotatable bonds is 6. The first-order chi connectivity index (χ1) is 12.2. The minimum absolute atomic E-state index is 0.0793. The maximum absolute atomic E-state index is 12.4. The van der Waals surface area contributed by atoms with E-state index in [4.69, 9.17) is 15.1 Å². The van der Waals surface area contributed by atoms with Crippen molar-refractivity contribution in [1.82, 2.24) is 15.0 Å². The third kappa shape index (κ3) is 4.74. The lowest BCUT2D eigenvalue weighted by molar-refractivity contribution is -0.138. The van der Waals surface area contributed by atoms with Gasteiger partial charge in [-0.1, -0.05) is 30.3 Å². The van der Waals surface area contributed by atoms with Crippen molar-refractivity contribution in [3.05, 3.63) is 35.9 Å². The lowest BCUT2D eigenvalue weighted by atomic mass is 9.99. The molecule has 0 unspecified atom stereocenters. The van der Waals surface area contributed by atoms with Gasteiger partial charge in [-0.2, -0.15) is 13.1 Å². The average Bonchev–Trinajstić information content (AvgIpc) is 2.59. The van der Waals surface area contributed by atoms with Gasteiger partial charge in [0.05, 0.1) is 6.04 Å². The number of hydrogen-bond acceptors (Lipinski definition) is 7. The van der Waals surface area contributed by atoms with Gasteiger partial charge >= 0.3 is 16.4 Å². The molecule has 0 saturated carbocycles. The second-order valence-corrected chi connectivity index (χ2v) is 7.55. The van der Waals surface area contributed by atoms with Gasteiger partial charge in [0.25, 0.3) is 5.91 Å². The zero-order valence-corrected chi connectivity index (χ0v) is 15.1. The van der Waals surface area contributed by atoms with E-state index in [0.29, 0.717) is 10.6 Å². The van der Waals surface area contributed by atoms with Crippen LogP contribution in [-0.2, 0) is 31.0 Å². The molecule has 11 nitrogen and oxygen atoms in total. The number of ether oxygens (including phenoxy) is 1.